The highest BCUT2D eigenvalue weighted by Crippen LogP contribution is 2.53. The summed E-state index contributed by atoms with van der Waals surface area (Å²) in [4.78, 5) is 0. The number of aryl methyl sites for hydroxylation is 1. The summed E-state index contributed by atoms with van der Waals surface area (Å²) in [6.07, 6.45) is -3.63. The van der Waals surface area contributed by atoms with Crippen LogP contribution in [-0.2, 0) is 6.37 Å². The van der Waals surface area contributed by atoms with Crippen molar-refractivity contribution in [2.45, 2.75) is 77.5 Å². The van der Waals surface area contributed by atoms with Gasteiger partial charge in [0.2, 0.25) is 0 Å². The van der Waals surface area contributed by atoms with Crippen LogP contribution in [0, 0.1) is 5.89 Å². The Morgan fingerprint density at radius 3 is 3.09 bits per heavy atom. The fourth-order valence-electron chi connectivity index (χ4n) is 2.99. The Morgan fingerprint density at radius 1 is 1.52 bits per heavy atom. The van der Waals surface area contributed by atoms with Gasteiger partial charge >= 0.3 is 0 Å². The van der Waals surface area contributed by atoms with Crippen molar-refractivity contribution < 1.29 is 23.6 Å². The molecule has 0 fully saturated rings. The first-order chi connectivity index (χ1) is 14.8. The first-order valence-electron chi connectivity index (χ1n) is 13.1. The van der Waals surface area contributed by atoms with Gasteiger partial charge in [0, 0.05) is 29.7 Å². The third kappa shape index (κ3) is 3.13. The number of unbranched alkanes of at least 4 members (excludes halogenated alkanes) is 1. The van der Waals surface area contributed by atoms with E-state index in [0.717, 1.165) is 12.5 Å². The predicted octanol–water partition coefficient (Wildman–Crippen LogP) is 5.74. The Labute approximate surface area is 154 Å². The lowest BCUT2D eigenvalue weighted by Crippen LogP contribution is -2.45. The van der Waals surface area contributed by atoms with E-state index in [1.165, 1.54) is 19.9 Å². The van der Waals surface area contributed by atoms with Crippen LogP contribution in [0.15, 0.2) is 23.8 Å². The molecule has 1 heterocycles. The van der Waals surface area contributed by atoms with E-state index < -0.39 is 60.8 Å². The summed E-state index contributed by atoms with van der Waals surface area (Å²) in [5.74, 6) is -5.89. The van der Waals surface area contributed by atoms with Crippen LogP contribution in [0.2, 0.25) is 0 Å². The second kappa shape index (κ2) is 6.22. The van der Waals surface area contributed by atoms with Gasteiger partial charge in [-0.05, 0) is 64.0 Å². The van der Waals surface area contributed by atoms with Crippen molar-refractivity contribution in [1.29, 1.82) is 0 Å². The predicted molar refractivity (Wildman–Crippen MR) is 95.3 cm³/mol. The van der Waals surface area contributed by atoms with Crippen molar-refractivity contribution >= 4 is 0 Å². The minimum atomic E-state index is -2.87. The fraction of sp³-hybridized carbons (Fsp3) is 0.619. The second-order valence-corrected chi connectivity index (χ2v) is 6.47. The van der Waals surface area contributed by atoms with E-state index in [0.29, 0.717) is 6.42 Å². The van der Waals surface area contributed by atoms with Gasteiger partial charge in [0.05, 0.1) is 1.37 Å². The van der Waals surface area contributed by atoms with Gasteiger partial charge in [0.15, 0.2) is 0 Å². The number of fused-ring (bicyclic) bond motifs is 3. The van der Waals surface area contributed by atoms with Crippen molar-refractivity contribution in [2.75, 3.05) is 0 Å². The zero-order valence-corrected chi connectivity index (χ0v) is 13.8. The molecule has 0 saturated heterocycles. The van der Waals surface area contributed by atoms with Gasteiger partial charge in [-0.2, -0.15) is 0 Å². The molecular formula is C21H30O2. The van der Waals surface area contributed by atoms with Crippen LogP contribution in [-0.4, -0.2) is 10.7 Å². The number of hydrogen-bond donors (Lipinski definition) is 1. The highest BCUT2D eigenvalue weighted by molar-refractivity contribution is 5.53. The molecule has 1 aliphatic carbocycles. The van der Waals surface area contributed by atoms with E-state index in [2.05, 4.69) is 0 Å². The number of allylic oxidation sites excluding steroid dienone is 2. The van der Waals surface area contributed by atoms with Crippen molar-refractivity contribution in [2.24, 2.45) is 5.89 Å². The third-order valence-corrected chi connectivity index (χ3v) is 4.13. The SMILES string of the molecule is [2H]C1=C(C([2H])([2H])[2H])CC([2H])([2H])[C@@]2([2H])C(C)(C)Oc3cc(C([2H])([2H])CCCC)cc(O)c3[C@]12[2H]. The molecule has 1 N–H and O–H groups in total. The van der Waals surface area contributed by atoms with Crippen LogP contribution in [0.4, 0.5) is 0 Å². The van der Waals surface area contributed by atoms with E-state index >= 15 is 0 Å². The topological polar surface area (TPSA) is 29.5 Å². The Bertz CT molecular complexity index is 997. The van der Waals surface area contributed by atoms with Crippen molar-refractivity contribution in [3.8, 4) is 11.5 Å². The Morgan fingerprint density at radius 2 is 2.35 bits per heavy atom. The zero-order chi connectivity index (χ0) is 25.4. The maximum atomic E-state index is 11.0. The molecule has 0 unspecified atom stereocenters. The zero-order valence-electron chi connectivity index (χ0n) is 23.8. The lowest BCUT2D eigenvalue weighted by molar-refractivity contribution is 0.0107. The summed E-state index contributed by atoms with van der Waals surface area (Å²) in [6, 6.07) is 1.66. The summed E-state index contributed by atoms with van der Waals surface area (Å²) in [7, 11) is 0. The highest BCUT2D eigenvalue weighted by Gasteiger charge is 2.45. The molecule has 3 rings (SSSR count). The quantitative estimate of drug-likeness (QED) is 0.716. The molecule has 0 radical (unpaired) electrons. The molecule has 0 bridgehead atoms. The van der Waals surface area contributed by atoms with E-state index in [4.69, 9.17) is 15.7 Å². The van der Waals surface area contributed by atoms with Crippen molar-refractivity contribution in [1.82, 2.24) is 0 Å². The van der Waals surface area contributed by atoms with Gasteiger partial charge in [-0.25, -0.2) is 0 Å². The van der Waals surface area contributed by atoms with Crippen LogP contribution in [0.25, 0.3) is 0 Å². The fourth-order valence-corrected chi connectivity index (χ4v) is 2.99. The van der Waals surface area contributed by atoms with Gasteiger partial charge in [-0.1, -0.05) is 31.4 Å². The molecule has 2 atom stereocenters. The number of phenolic OH excluding ortho intramolecular Hbond substituents is 1. The van der Waals surface area contributed by atoms with Crippen LogP contribution in [0.5, 0.6) is 11.5 Å². The third-order valence-electron chi connectivity index (χ3n) is 4.13. The minimum Gasteiger partial charge on any atom is -0.507 e. The molecule has 0 saturated carbocycles. The monoisotopic (exact) mass is 324 g/mol. The molecule has 2 aliphatic rings. The molecular weight excluding hydrogens is 284 g/mol. The summed E-state index contributed by atoms with van der Waals surface area (Å²) in [6.45, 7) is 1.85. The molecule has 126 valence electrons. The van der Waals surface area contributed by atoms with Crippen LogP contribution >= 0.6 is 0 Å². The summed E-state index contributed by atoms with van der Waals surface area (Å²) < 4.78 is 90.6. The van der Waals surface area contributed by atoms with E-state index in [-0.39, 0.29) is 23.3 Å². The number of ether oxygens (including phenoxy) is 1. The van der Waals surface area contributed by atoms with Crippen LogP contribution < -0.4 is 4.74 Å². The Balaban J connectivity index is 2.40. The van der Waals surface area contributed by atoms with Gasteiger partial charge in [-0.3, -0.25) is 0 Å². The lowest BCUT2D eigenvalue weighted by Gasteiger charge is -2.46. The first kappa shape index (κ1) is 8.09. The molecule has 2 nitrogen and oxygen atoms in total. The smallest absolute Gasteiger partial charge is 0.127 e. The number of aromatic hydroxyl groups is 1. The van der Waals surface area contributed by atoms with Gasteiger partial charge in [-0.15, -0.1) is 0 Å². The van der Waals surface area contributed by atoms with Gasteiger partial charge in [0.25, 0.3) is 0 Å². The Hall–Kier alpha value is -1.44. The molecule has 0 amide bonds. The standard InChI is InChI=1S/C21H30O2/c1-5-6-7-8-15-12-18(22)20-16-11-14(2)9-10-17(16)21(3,4)23-19(20)13-15/h11-13,16-17,22H,5-10H2,1-4H3/t16-,17-/m1/s1/i2D3,8D2,10D2,11D,16D,17D. The molecule has 1 aromatic carbocycles. The van der Waals surface area contributed by atoms with Crippen LogP contribution in [0.3, 0.4) is 0 Å². The number of benzene rings is 1. The largest absolute Gasteiger partial charge is 0.507 e. The normalized spacial score (nSPS) is 41.7. The van der Waals surface area contributed by atoms with Gasteiger partial charge in [0.1, 0.15) is 17.1 Å². The number of hydrogen-bond acceptors (Lipinski definition) is 2. The van der Waals surface area contributed by atoms with E-state index in [9.17, 15) is 7.85 Å². The second-order valence-electron chi connectivity index (χ2n) is 6.47. The minimum absolute atomic E-state index is 0.0921. The molecule has 0 aromatic heterocycles. The van der Waals surface area contributed by atoms with Gasteiger partial charge < -0.3 is 9.84 Å². The first-order valence-corrected chi connectivity index (χ1v) is 8.05. The summed E-state index contributed by atoms with van der Waals surface area (Å²) in [5.41, 5.74) is -2.59. The van der Waals surface area contributed by atoms with Crippen molar-refractivity contribution in [3.05, 3.63) is 34.9 Å². The highest BCUT2D eigenvalue weighted by atomic mass is 16.5. The molecule has 2 heteroatoms. The van der Waals surface area contributed by atoms with Crippen molar-refractivity contribution in [3.63, 3.8) is 0 Å². The van der Waals surface area contributed by atoms with E-state index in [1.54, 1.807) is 0 Å². The average Bonchev–Trinajstić information content (AvgIpc) is 2.65. The number of rotatable bonds is 4. The average molecular weight is 325 g/mol. The van der Waals surface area contributed by atoms with Crippen LogP contribution in [0.1, 0.15) is 90.4 Å². The lowest BCUT2D eigenvalue weighted by atomic mass is 9.68. The molecule has 1 aromatic rings. The Kier molecular flexibility index (Phi) is 2.19. The maximum Gasteiger partial charge on any atom is 0.127 e. The maximum absolute atomic E-state index is 11.0. The molecule has 1 aliphatic heterocycles. The van der Waals surface area contributed by atoms with E-state index in [1.807, 2.05) is 6.92 Å². The number of phenols is 1. The molecule has 23 heavy (non-hydrogen) atoms. The summed E-state index contributed by atoms with van der Waals surface area (Å²) >= 11 is 0. The molecule has 0 spiro atoms. The summed E-state index contributed by atoms with van der Waals surface area (Å²) in [5, 5.41) is 11.0.